The number of hydrogen-bond acceptors (Lipinski definition) is 1. The first-order valence-electron chi connectivity index (χ1n) is 4.27. The van der Waals surface area contributed by atoms with Crippen LogP contribution in [0.3, 0.4) is 0 Å². The minimum atomic E-state index is 0.750. The Bertz CT molecular complexity index is 415. The fourth-order valence-electron chi connectivity index (χ4n) is 1.12. The Labute approximate surface area is 87.3 Å². The summed E-state index contributed by atoms with van der Waals surface area (Å²) < 4.78 is 0. The van der Waals surface area contributed by atoms with E-state index in [0.717, 1.165) is 16.4 Å². The molecular weight excluding hydrogens is 196 g/mol. The number of hydrogen-bond donors (Lipinski definition) is 1. The van der Waals surface area contributed by atoms with E-state index in [1.54, 1.807) is 12.4 Å². The van der Waals surface area contributed by atoms with Gasteiger partial charge in [-0.05, 0) is 23.8 Å². The smallest absolute Gasteiger partial charge is 0.129 e. The Morgan fingerprint density at radius 3 is 2.57 bits per heavy atom. The number of aromatic nitrogens is 2. The van der Waals surface area contributed by atoms with Crippen molar-refractivity contribution >= 4 is 23.8 Å². The molecule has 0 aliphatic heterocycles. The monoisotopic (exact) mass is 204 g/mol. The second-order valence-electron chi connectivity index (χ2n) is 2.86. The number of nitrogens with one attached hydrogen (secondary N) is 1. The Kier molecular flexibility index (Phi) is 2.65. The summed E-state index contributed by atoms with van der Waals surface area (Å²) in [7, 11) is 0. The first-order valence-corrected chi connectivity index (χ1v) is 4.65. The Hall–Kier alpha value is -1.54. The topological polar surface area (TPSA) is 28.7 Å². The van der Waals surface area contributed by atoms with Gasteiger partial charge in [0.05, 0.1) is 0 Å². The van der Waals surface area contributed by atoms with Crippen LogP contribution in [0.1, 0.15) is 11.4 Å². The Morgan fingerprint density at radius 2 is 1.93 bits per heavy atom. The van der Waals surface area contributed by atoms with Gasteiger partial charge in [-0.15, -0.1) is 0 Å². The van der Waals surface area contributed by atoms with Crippen molar-refractivity contribution in [2.75, 3.05) is 0 Å². The molecule has 0 spiro atoms. The number of imidazole rings is 1. The highest BCUT2D eigenvalue weighted by atomic mass is 35.5. The molecule has 0 aliphatic carbocycles. The van der Waals surface area contributed by atoms with Gasteiger partial charge in [0.2, 0.25) is 0 Å². The molecule has 70 valence electrons. The van der Waals surface area contributed by atoms with E-state index in [-0.39, 0.29) is 0 Å². The average molecular weight is 205 g/mol. The normalized spacial score (nSPS) is 10.9. The average Bonchev–Trinajstić information content (AvgIpc) is 2.70. The summed E-state index contributed by atoms with van der Waals surface area (Å²) in [6.07, 6.45) is 7.42. The Morgan fingerprint density at radius 1 is 1.14 bits per heavy atom. The third-order valence-electron chi connectivity index (χ3n) is 1.82. The fraction of sp³-hybridized carbons (Fsp3) is 0. The summed E-state index contributed by atoms with van der Waals surface area (Å²) in [6, 6.07) is 7.65. The van der Waals surface area contributed by atoms with Gasteiger partial charge in [-0.2, -0.15) is 0 Å². The molecule has 1 aromatic heterocycles. The van der Waals surface area contributed by atoms with Gasteiger partial charge >= 0.3 is 0 Å². The molecule has 0 aliphatic rings. The highest BCUT2D eigenvalue weighted by Gasteiger charge is 1.89. The predicted molar refractivity (Wildman–Crippen MR) is 59.0 cm³/mol. The van der Waals surface area contributed by atoms with Gasteiger partial charge in [-0.25, -0.2) is 4.98 Å². The molecule has 0 saturated carbocycles. The number of benzene rings is 1. The minimum Gasteiger partial charge on any atom is -0.345 e. The third-order valence-corrected chi connectivity index (χ3v) is 2.08. The summed E-state index contributed by atoms with van der Waals surface area (Å²) in [5.74, 6) is 0.847. The van der Waals surface area contributed by atoms with Crippen molar-refractivity contribution in [1.82, 2.24) is 9.97 Å². The van der Waals surface area contributed by atoms with Gasteiger partial charge in [0, 0.05) is 17.4 Å². The maximum atomic E-state index is 5.77. The van der Waals surface area contributed by atoms with E-state index in [1.165, 1.54) is 0 Å². The van der Waals surface area contributed by atoms with Crippen LogP contribution in [0.25, 0.3) is 12.2 Å². The highest BCUT2D eigenvalue weighted by molar-refractivity contribution is 6.30. The lowest BCUT2D eigenvalue weighted by atomic mass is 10.2. The highest BCUT2D eigenvalue weighted by Crippen LogP contribution is 2.11. The summed E-state index contributed by atoms with van der Waals surface area (Å²) in [5.41, 5.74) is 1.10. The van der Waals surface area contributed by atoms with Crippen molar-refractivity contribution in [3.8, 4) is 0 Å². The van der Waals surface area contributed by atoms with Crippen LogP contribution in [-0.2, 0) is 0 Å². The summed E-state index contributed by atoms with van der Waals surface area (Å²) in [4.78, 5) is 7.08. The molecule has 0 unspecified atom stereocenters. The van der Waals surface area contributed by atoms with Crippen LogP contribution < -0.4 is 0 Å². The summed E-state index contributed by atoms with van der Waals surface area (Å²) in [5, 5.41) is 0.750. The first kappa shape index (κ1) is 9.03. The lowest BCUT2D eigenvalue weighted by Crippen LogP contribution is -1.74. The van der Waals surface area contributed by atoms with Crippen LogP contribution in [0.4, 0.5) is 0 Å². The second kappa shape index (κ2) is 4.11. The van der Waals surface area contributed by atoms with E-state index in [1.807, 2.05) is 36.4 Å². The zero-order valence-corrected chi connectivity index (χ0v) is 8.20. The molecule has 14 heavy (non-hydrogen) atoms. The van der Waals surface area contributed by atoms with Crippen molar-refractivity contribution < 1.29 is 0 Å². The van der Waals surface area contributed by atoms with Crippen LogP contribution in [0.15, 0.2) is 36.7 Å². The van der Waals surface area contributed by atoms with Crippen LogP contribution in [0.2, 0.25) is 5.02 Å². The van der Waals surface area contributed by atoms with E-state index >= 15 is 0 Å². The molecule has 1 heterocycles. The van der Waals surface area contributed by atoms with Crippen molar-refractivity contribution in [2.24, 2.45) is 0 Å². The SMILES string of the molecule is Clc1ccc(/C=C/c2ncc[nH]2)cc1. The molecule has 0 saturated heterocycles. The molecule has 0 amide bonds. The second-order valence-corrected chi connectivity index (χ2v) is 3.30. The molecule has 0 fully saturated rings. The van der Waals surface area contributed by atoms with Gasteiger partial charge in [0.15, 0.2) is 0 Å². The lowest BCUT2D eigenvalue weighted by Gasteiger charge is -1.92. The molecule has 2 nitrogen and oxygen atoms in total. The minimum absolute atomic E-state index is 0.750. The van der Waals surface area contributed by atoms with Gasteiger partial charge in [0.1, 0.15) is 5.82 Å². The fourth-order valence-corrected chi connectivity index (χ4v) is 1.24. The molecule has 0 bridgehead atoms. The van der Waals surface area contributed by atoms with Crippen LogP contribution >= 0.6 is 11.6 Å². The quantitative estimate of drug-likeness (QED) is 0.800. The maximum Gasteiger partial charge on any atom is 0.129 e. The molecule has 0 radical (unpaired) electrons. The van der Waals surface area contributed by atoms with E-state index in [2.05, 4.69) is 9.97 Å². The zero-order valence-electron chi connectivity index (χ0n) is 7.44. The van der Waals surface area contributed by atoms with Crippen molar-refractivity contribution in [3.63, 3.8) is 0 Å². The summed E-state index contributed by atoms with van der Waals surface area (Å²) in [6.45, 7) is 0. The van der Waals surface area contributed by atoms with E-state index in [0.29, 0.717) is 0 Å². The number of H-pyrrole nitrogens is 1. The van der Waals surface area contributed by atoms with Crippen molar-refractivity contribution in [2.45, 2.75) is 0 Å². The van der Waals surface area contributed by atoms with E-state index in [9.17, 15) is 0 Å². The first-order chi connectivity index (χ1) is 6.84. The van der Waals surface area contributed by atoms with Crippen molar-refractivity contribution in [1.29, 1.82) is 0 Å². The maximum absolute atomic E-state index is 5.77. The van der Waals surface area contributed by atoms with Gasteiger partial charge in [-0.1, -0.05) is 29.8 Å². The number of halogens is 1. The standard InChI is InChI=1S/C11H9ClN2/c12-10-4-1-9(2-5-10)3-6-11-13-7-8-14-11/h1-8H,(H,13,14)/b6-3+. The predicted octanol–water partition coefficient (Wildman–Crippen LogP) is 3.23. The molecule has 1 aromatic carbocycles. The molecule has 2 aromatic rings. The zero-order chi connectivity index (χ0) is 9.80. The van der Waals surface area contributed by atoms with Gasteiger partial charge in [-0.3, -0.25) is 0 Å². The number of rotatable bonds is 2. The molecule has 0 atom stereocenters. The molecular formula is C11H9ClN2. The largest absolute Gasteiger partial charge is 0.345 e. The number of nitrogens with zero attached hydrogens (tertiary/aromatic N) is 1. The van der Waals surface area contributed by atoms with Gasteiger partial charge < -0.3 is 4.98 Å². The lowest BCUT2D eigenvalue weighted by molar-refractivity contribution is 1.27. The van der Waals surface area contributed by atoms with Crippen molar-refractivity contribution in [3.05, 3.63) is 53.1 Å². The third kappa shape index (κ3) is 2.24. The molecule has 3 heteroatoms. The molecule has 1 N–H and O–H groups in total. The number of aromatic amines is 1. The van der Waals surface area contributed by atoms with E-state index in [4.69, 9.17) is 11.6 Å². The van der Waals surface area contributed by atoms with Crippen LogP contribution in [-0.4, -0.2) is 9.97 Å². The Balaban J connectivity index is 2.15. The van der Waals surface area contributed by atoms with Crippen LogP contribution in [0, 0.1) is 0 Å². The van der Waals surface area contributed by atoms with E-state index < -0.39 is 0 Å². The van der Waals surface area contributed by atoms with Crippen LogP contribution in [0.5, 0.6) is 0 Å². The summed E-state index contributed by atoms with van der Waals surface area (Å²) >= 11 is 5.77. The molecule has 2 rings (SSSR count). The van der Waals surface area contributed by atoms with Gasteiger partial charge in [0.25, 0.3) is 0 Å².